The van der Waals surface area contributed by atoms with Gasteiger partial charge in [-0.3, -0.25) is 4.79 Å². The van der Waals surface area contributed by atoms with Gasteiger partial charge in [-0.25, -0.2) is 9.69 Å². The summed E-state index contributed by atoms with van der Waals surface area (Å²) in [5, 5.41) is 4.31. The highest BCUT2D eigenvalue weighted by molar-refractivity contribution is 6.30. The summed E-state index contributed by atoms with van der Waals surface area (Å²) in [5.74, 6) is -0.696. The molecule has 0 radical (unpaired) electrons. The number of amides is 2. The number of anilines is 1. The Labute approximate surface area is 161 Å². The van der Waals surface area contributed by atoms with E-state index in [0.29, 0.717) is 21.8 Å². The predicted molar refractivity (Wildman–Crippen MR) is 102 cm³/mol. The first kappa shape index (κ1) is 18.8. The zero-order chi connectivity index (χ0) is 19.8. The van der Waals surface area contributed by atoms with E-state index in [4.69, 9.17) is 16.3 Å². The molecule has 1 aliphatic heterocycles. The first-order valence-corrected chi connectivity index (χ1v) is 8.58. The quantitative estimate of drug-likeness (QED) is 0.405. The molecule has 1 aliphatic rings. The molecule has 0 spiro atoms. The van der Waals surface area contributed by atoms with E-state index < -0.39 is 23.1 Å². The summed E-state index contributed by atoms with van der Waals surface area (Å²) in [4.78, 5) is 30.0. The van der Waals surface area contributed by atoms with E-state index in [-0.39, 0.29) is 0 Å². The number of halogens is 1. The van der Waals surface area contributed by atoms with Crippen LogP contribution in [0, 0.1) is 0 Å². The van der Waals surface area contributed by atoms with Crippen molar-refractivity contribution in [3.8, 4) is 0 Å². The van der Waals surface area contributed by atoms with Crippen LogP contribution in [-0.4, -0.2) is 17.6 Å². The number of imide groups is 1. The van der Waals surface area contributed by atoms with Crippen LogP contribution in [0.25, 0.3) is 10.4 Å². The molecule has 0 saturated carbocycles. The Balaban J connectivity index is 2.24. The lowest BCUT2D eigenvalue weighted by Crippen LogP contribution is -2.45. The van der Waals surface area contributed by atoms with Crippen LogP contribution >= 0.6 is 11.6 Å². The molecule has 7 nitrogen and oxygen atoms in total. The molecule has 138 valence electrons. The van der Waals surface area contributed by atoms with E-state index in [1.54, 1.807) is 69.3 Å². The third-order valence-electron chi connectivity index (χ3n) is 4.08. The molecule has 0 N–H and O–H groups in total. The second-order valence-electron chi connectivity index (χ2n) is 7.04. The van der Waals surface area contributed by atoms with Crippen LogP contribution in [0.2, 0.25) is 5.02 Å². The van der Waals surface area contributed by atoms with Gasteiger partial charge in [0.15, 0.2) is 5.54 Å². The van der Waals surface area contributed by atoms with Crippen LogP contribution in [0.4, 0.5) is 10.5 Å². The molecular formula is C19H17ClN4O3. The molecule has 1 heterocycles. The number of ether oxygens (including phenoxy) is 1. The molecule has 2 aromatic rings. The molecule has 0 bridgehead atoms. The summed E-state index contributed by atoms with van der Waals surface area (Å²) in [7, 11) is 0. The molecule has 0 fully saturated rings. The second-order valence-corrected chi connectivity index (χ2v) is 7.48. The highest BCUT2D eigenvalue weighted by atomic mass is 35.5. The van der Waals surface area contributed by atoms with Gasteiger partial charge < -0.3 is 4.74 Å². The number of fused-ring (bicyclic) bond motifs is 1. The number of carbonyl (C=O) groups excluding carboxylic acids is 2. The molecule has 8 heteroatoms. The highest BCUT2D eigenvalue weighted by Gasteiger charge is 2.54. The number of azide groups is 1. The number of benzene rings is 2. The smallest absolute Gasteiger partial charge is 0.421 e. The van der Waals surface area contributed by atoms with Crippen LogP contribution < -0.4 is 4.90 Å². The fourth-order valence-corrected chi connectivity index (χ4v) is 3.17. The van der Waals surface area contributed by atoms with Crippen molar-refractivity contribution in [2.24, 2.45) is 5.11 Å². The van der Waals surface area contributed by atoms with Crippen LogP contribution in [-0.2, 0) is 15.1 Å². The topological polar surface area (TPSA) is 95.4 Å². The summed E-state index contributed by atoms with van der Waals surface area (Å²) in [6, 6.07) is 13.1. The number of hydrogen-bond donors (Lipinski definition) is 0. The fraction of sp³-hybridized carbons (Fsp3) is 0.263. The Kier molecular flexibility index (Phi) is 4.59. The summed E-state index contributed by atoms with van der Waals surface area (Å²) in [6.07, 6.45) is -0.830. The van der Waals surface area contributed by atoms with Gasteiger partial charge in [0.25, 0.3) is 5.91 Å². The molecule has 0 unspecified atom stereocenters. The molecule has 1 atom stereocenters. The number of rotatable bonds is 2. The molecule has 27 heavy (non-hydrogen) atoms. The number of carbonyl (C=O) groups is 2. The first-order chi connectivity index (χ1) is 12.7. The number of hydrogen-bond acceptors (Lipinski definition) is 4. The van der Waals surface area contributed by atoms with Crippen molar-refractivity contribution in [3.63, 3.8) is 0 Å². The van der Waals surface area contributed by atoms with Crippen molar-refractivity contribution in [1.29, 1.82) is 0 Å². The SMILES string of the molecule is CC(C)(C)OC(=O)N1C(=O)[C@](N=[N+]=[N-])(c2ccc(Cl)cc2)c2ccccc21. The minimum absolute atomic E-state index is 0.319. The standard InChI is InChI=1S/C19H17ClN4O3/c1-18(2,3)27-17(26)24-15-7-5-4-6-14(15)19(16(24)25,22-23-21)12-8-10-13(20)11-9-12/h4-11H,1-3H3/t19-/m0/s1. The van der Waals surface area contributed by atoms with E-state index in [0.717, 1.165) is 4.90 Å². The third-order valence-corrected chi connectivity index (χ3v) is 4.33. The van der Waals surface area contributed by atoms with E-state index in [1.807, 2.05) is 0 Å². The summed E-state index contributed by atoms with van der Waals surface area (Å²) < 4.78 is 5.39. The second kappa shape index (κ2) is 6.61. The zero-order valence-corrected chi connectivity index (χ0v) is 15.8. The van der Waals surface area contributed by atoms with Crippen molar-refractivity contribution < 1.29 is 14.3 Å². The van der Waals surface area contributed by atoms with Gasteiger partial charge >= 0.3 is 6.09 Å². The van der Waals surface area contributed by atoms with Crippen molar-refractivity contribution >= 4 is 29.3 Å². The van der Waals surface area contributed by atoms with Gasteiger partial charge in [0.1, 0.15) is 5.60 Å². The van der Waals surface area contributed by atoms with Gasteiger partial charge in [-0.2, -0.15) is 0 Å². The number of para-hydroxylation sites is 1. The summed E-state index contributed by atoms with van der Waals surface area (Å²) in [6.45, 7) is 5.12. The van der Waals surface area contributed by atoms with Gasteiger partial charge in [0, 0.05) is 15.5 Å². The average molecular weight is 385 g/mol. The van der Waals surface area contributed by atoms with Gasteiger partial charge in [0.05, 0.1) is 5.69 Å². The Morgan fingerprint density at radius 3 is 2.41 bits per heavy atom. The molecule has 3 rings (SSSR count). The van der Waals surface area contributed by atoms with Crippen molar-refractivity contribution in [1.82, 2.24) is 0 Å². The van der Waals surface area contributed by atoms with E-state index in [2.05, 4.69) is 10.0 Å². The molecule has 0 aliphatic carbocycles. The van der Waals surface area contributed by atoms with Crippen LogP contribution in [0.5, 0.6) is 0 Å². The molecule has 2 aromatic carbocycles. The lowest BCUT2D eigenvalue weighted by molar-refractivity contribution is -0.121. The minimum atomic E-state index is -1.72. The van der Waals surface area contributed by atoms with E-state index in [9.17, 15) is 15.1 Å². The van der Waals surface area contributed by atoms with Gasteiger partial charge in [-0.1, -0.05) is 47.0 Å². The van der Waals surface area contributed by atoms with E-state index >= 15 is 0 Å². The lowest BCUT2D eigenvalue weighted by Gasteiger charge is -2.26. The van der Waals surface area contributed by atoms with Gasteiger partial charge in [-0.05, 0) is 50.1 Å². The van der Waals surface area contributed by atoms with Crippen LogP contribution in [0.1, 0.15) is 31.9 Å². The highest BCUT2D eigenvalue weighted by Crippen LogP contribution is 2.47. The maximum Gasteiger partial charge on any atom is 0.421 e. The molecule has 2 amide bonds. The zero-order valence-electron chi connectivity index (χ0n) is 15.0. The monoisotopic (exact) mass is 384 g/mol. The normalized spacial score (nSPS) is 18.7. The minimum Gasteiger partial charge on any atom is -0.443 e. The average Bonchev–Trinajstić information content (AvgIpc) is 2.84. The third kappa shape index (κ3) is 3.12. The Morgan fingerprint density at radius 1 is 1.19 bits per heavy atom. The Hall–Kier alpha value is -3.02. The summed E-state index contributed by atoms with van der Waals surface area (Å²) in [5.41, 5.74) is 7.83. The van der Waals surface area contributed by atoms with Crippen LogP contribution in [0.3, 0.4) is 0 Å². The van der Waals surface area contributed by atoms with Gasteiger partial charge in [-0.15, -0.1) is 0 Å². The van der Waals surface area contributed by atoms with Gasteiger partial charge in [0.2, 0.25) is 0 Å². The molecule has 0 aromatic heterocycles. The van der Waals surface area contributed by atoms with E-state index in [1.165, 1.54) is 0 Å². The van der Waals surface area contributed by atoms with Crippen molar-refractivity contribution in [3.05, 3.63) is 75.1 Å². The number of nitrogens with zero attached hydrogens (tertiary/aromatic N) is 4. The summed E-state index contributed by atoms with van der Waals surface area (Å²) >= 11 is 5.96. The maximum absolute atomic E-state index is 13.4. The Morgan fingerprint density at radius 2 is 1.81 bits per heavy atom. The largest absolute Gasteiger partial charge is 0.443 e. The Bertz CT molecular complexity index is 962. The maximum atomic E-state index is 13.4. The van der Waals surface area contributed by atoms with Crippen molar-refractivity contribution in [2.45, 2.75) is 31.9 Å². The fourth-order valence-electron chi connectivity index (χ4n) is 3.04. The first-order valence-electron chi connectivity index (χ1n) is 8.20. The predicted octanol–water partition coefficient (Wildman–Crippen LogP) is 5.18. The lowest BCUT2D eigenvalue weighted by atomic mass is 9.85. The molecule has 0 saturated heterocycles. The van der Waals surface area contributed by atoms with Crippen molar-refractivity contribution in [2.75, 3.05) is 4.90 Å². The van der Waals surface area contributed by atoms with Crippen LogP contribution in [0.15, 0.2) is 53.6 Å². The molecular weight excluding hydrogens is 368 g/mol.